The van der Waals surface area contributed by atoms with Crippen LogP contribution in [0, 0.1) is 0 Å². The summed E-state index contributed by atoms with van der Waals surface area (Å²) in [6, 6.07) is 45.3. The van der Waals surface area contributed by atoms with E-state index in [9.17, 15) is 0 Å². The van der Waals surface area contributed by atoms with Crippen LogP contribution in [-0.4, -0.2) is 11.6 Å². The zero-order chi connectivity index (χ0) is 22.2. The molecule has 0 aliphatic carbocycles. The Balaban J connectivity index is 1.61. The molecule has 0 atom stereocenters. The number of fused-ring (bicyclic) bond motifs is 3. The van der Waals surface area contributed by atoms with Gasteiger partial charge in [-0.15, -0.1) is 0 Å². The molecule has 158 valence electrons. The van der Waals surface area contributed by atoms with E-state index in [1.54, 1.807) is 0 Å². The van der Waals surface area contributed by atoms with Crippen molar-refractivity contribution in [1.82, 2.24) is 4.57 Å². The Morgan fingerprint density at radius 3 is 1.76 bits per heavy atom. The summed E-state index contributed by atoms with van der Waals surface area (Å²) in [5.41, 5.74) is 8.42. The summed E-state index contributed by atoms with van der Waals surface area (Å²) in [6.07, 6.45) is 0. The van der Waals surface area contributed by atoms with Crippen molar-refractivity contribution in [2.24, 2.45) is 0 Å². The van der Waals surface area contributed by atoms with Gasteiger partial charge in [0.25, 0.3) is 0 Å². The van der Waals surface area contributed by atoms with Gasteiger partial charge in [0.15, 0.2) is 0 Å². The second kappa shape index (κ2) is 7.99. The third-order valence-electron chi connectivity index (χ3n) is 6.40. The van der Waals surface area contributed by atoms with Crippen LogP contribution in [0.1, 0.15) is 0 Å². The van der Waals surface area contributed by atoms with Gasteiger partial charge in [-0.2, -0.15) is 0 Å². The zero-order valence-electron chi connectivity index (χ0n) is 18.5. The summed E-state index contributed by atoms with van der Waals surface area (Å²) in [5, 5.41) is 2.52. The molecule has 0 fully saturated rings. The molecule has 0 aliphatic rings. The van der Waals surface area contributed by atoms with Gasteiger partial charge >= 0.3 is 0 Å². The second-order valence-electron chi connectivity index (χ2n) is 8.36. The smallest absolute Gasteiger partial charge is 0.0542 e. The maximum Gasteiger partial charge on any atom is 0.0542 e. The molecule has 0 unspecified atom stereocenters. The zero-order valence-corrected chi connectivity index (χ0v) is 18.5. The Labute approximate surface area is 194 Å². The number of aromatic nitrogens is 1. The van der Waals surface area contributed by atoms with Gasteiger partial charge in [0, 0.05) is 34.9 Å². The number of rotatable bonds is 4. The molecular weight excluding hydrogens is 400 g/mol. The van der Waals surface area contributed by atoms with Crippen LogP contribution in [0.4, 0.5) is 11.4 Å². The predicted molar refractivity (Wildman–Crippen MR) is 141 cm³/mol. The van der Waals surface area contributed by atoms with Crippen LogP contribution >= 0.6 is 0 Å². The first kappa shape index (κ1) is 19.4. The van der Waals surface area contributed by atoms with Gasteiger partial charge in [-0.05, 0) is 65.7 Å². The van der Waals surface area contributed by atoms with E-state index in [1.807, 2.05) is 0 Å². The largest absolute Gasteiger partial charge is 0.345 e. The van der Waals surface area contributed by atoms with E-state index >= 15 is 0 Å². The van der Waals surface area contributed by atoms with Crippen LogP contribution < -0.4 is 4.90 Å². The summed E-state index contributed by atoms with van der Waals surface area (Å²) >= 11 is 0. The van der Waals surface area contributed by atoms with Crippen LogP contribution in [0.25, 0.3) is 38.6 Å². The molecule has 0 saturated carbocycles. The highest BCUT2D eigenvalue weighted by molar-refractivity contribution is 6.11. The van der Waals surface area contributed by atoms with E-state index in [4.69, 9.17) is 0 Å². The van der Waals surface area contributed by atoms with Crippen LogP contribution in [0.2, 0.25) is 0 Å². The fourth-order valence-electron chi connectivity index (χ4n) is 4.69. The average molecular weight is 425 g/mol. The third kappa shape index (κ3) is 3.37. The maximum absolute atomic E-state index is 2.37. The van der Waals surface area contributed by atoms with E-state index in [0.717, 1.165) is 0 Å². The molecule has 5 aromatic carbocycles. The molecule has 1 heterocycles. The minimum Gasteiger partial charge on any atom is -0.345 e. The summed E-state index contributed by atoms with van der Waals surface area (Å²) in [5.74, 6) is 0. The lowest BCUT2D eigenvalue weighted by molar-refractivity contribution is 1.17. The van der Waals surface area contributed by atoms with Crippen molar-refractivity contribution in [3.63, 3.8) is 0 Å². The minimum atomic E-state index is 1.17. The lowest BCUT2D eigenvalue weighted by atomic mass is 10.0. The molecule has 6 rings (SSSR count). The number of para-hydroxylation sites is 2. The molecule has 0 aliphatic heterocycles. The highest BCUT2D eigenvalue weighted by Crippen LogP contribution is 2.37. The SMILES string of the molecule is CN(c1ccccc1)c1ccc2c(c1)c1cc(-c3ccccc3)ccc1n2-c1ccccc1. The number of hydrogen-bond donors (Lipinski definition) is 0. The molecule has 2 heteroatoms. The first-order chi connectivity index (χ1) is 16.3. The molecule has 1 aromatic heterocycles. The maximum atomic E-state index is 2.37. The van der Waals surface area contributed by atoms with Gasteiger partial charge in [0.1, 0.15) is 0 Å². The molecule has 6 aromatic rings. The van der Waals surface area contributed by atoms with Crippen molar-refractivity contribution in [2.75, 3.05) is 11.9 Å². The fourth-order valence-corrected chi connectivity index (χ4v) is 4.69. The Kier molecular flexibility index (Phi) is 4.70. The topological polar surface area (TPSA) is 8.17 Å². The van der Waals surface area contributed by atoms with Gasteiger partial charge in [-0.3, -0.25) is 0 Å². The number of nitrogens with zero attached hydrogens (tertiary/aromatic N) is 2. The van der Waals surface area contributed by atoms with Gasteiger partial charge in [-0.25, -0.2) is 0 Å². The average Bonchev–Trinajstić information content (AvgIpc) is 3.23. The monoisotopic (exact) mass is 424 g/mol. The molecule has 0 N–H and O–H groups in total. The summed E-state index contributed by atoms with van der Waals surface area (Å²) in [6.45, 7) is 0. The van der Waals surface area contributed by atoms with E-state index in [2.05, 4.69) is 144 Å². The molecule has 0 saturated heterocycles. The normalized spacial score (nSPS) is 11.2. The first-order valence-electron chi connectivity index (χ1n) is 11.3. The minimum absolute atomic E-state index is 1.17. The van der Waals surface area contributed by atoms with Crippen molar-refractivity contribution in [3.05, 3.63) is 127 Å². The molecule has 0 radical (unpaired) electrons. The van der Waals surface area contributed by atoms with Crippen LogP contribution in [0.3, 0.4) is 0 Å². The quantitative estimate of drug-likeness (QED) is 0.277. The Morgan fingerprint density at radius 2 is 1.06 bits per heavy atom. The van der Waals surface area contributed by atoms with Crippen molar-refractivity contribution < 1.29 is 0 Å². The molecule has 0 amide bonds. The van der Waals surface area contributed by atoms with Crippen LogP contribution in [0.15, 0.2) is 127 Å². The van der Waals surface area contributed by atoms with E-state index in [1.165, 1.54) is 50.0 Å². The number of anilines is 2. The van der Waals surface area contributed by atoms with Crippen LogP contribution in [0.5, 0.6) is 0 Å². The van der Waals surface area contributed by atoms with Gasteiger partial charge in [0.05, 0.1) is 11.0 Å². The second-order valence-corrected chi connectivity index (χ2v) is 8.36. The number of hydrogen-bond acceptors (Lipinski definition) is 1. The fraction of sp³-hybridized carbons (Fsp3) is 0.0323. The predicted octanol–water partition coefficient (Wildman–Crippen LogP) is 8.22. The summed E-state index contributed by atoms with van der Waals surface area (Å²) < 4.78 is 2.37. The molecule has 33 heavy (non-hydrogen) atoms. The van der Waals surface area contributed by atoms with Crippen molar-refractivity contribution >= 4 is 33.2 Å². The van der Waals surface area contributed by atoms with Crippen molar-refractivity contribution in [1.29, 1.82) is 0 Å². The third-order valence-corrected chi connectivity index (χ3v) is 6.40. The Hall–Kier alpha value is -4.30. The van der Waals surface area contributed by atoms with Gasteiger partial charge < -0.3 is 9.47 Å². The standard InChI is InChI=1S/C31H24N2/c1-32(25-13-7-3-8-14-25)27-18-20-31-29(22-27)28-21-24(23-11-5-2-6-12-23)17-19-30(28)33(31)26-15-9-4-10-16-26/h2-22H,1H3. The van der Waals surface area contributed by atoms with Crippen molar-refractivity contribution in [3.8, 4) is 16.8 Å². The van der Waals surface area contributed by atoms with Gasteiger partial charge in [0.2, 0.25) is 0 Å². The summed E-state index contributed by atoms with van der Waals surface area (Å²) in [4.78, 5) is 2.24. The summed E-state index contributed by atoms with van der Waals surface area (Å²) in [7, 11) is 2.13. The van der Waals surface area contributed by atoms with E-state index in [0.29, 0.717) is 0 Å². The molecule has 0 spiro atoms. The molecule has 2 nitrogen and oxygen atoms in total. The Morgan fingerprint density at radius 1 is 0.485 bits per heavy atom. The lowest BCUT2D eigenvalue weighted by Gasteiger charge is -2.19. The van der Waals surface area contributed by atoms with E-state index in [-0.39, 0.29) is 0 Å². The van der Waals surface area contributed by atoms with E-state index < -0.39 is 0 Å². The first-order valence-corrected chi connectivity index (χ1v) is 11.3. The Bertz CT molecular complexity index is 1550. The number of benzene rings is 5. The van der Waals surface area contributed by atoms with Gasteiger partial charge in [-0.1, -0.05) is 72.8 Å². The molecule has 0 bridgehead atoms. The van der Waals surface area contributed by atoms with Crippen LogP contribution in [-0.2, 0) is 0 Å². The lowest BCUT2D eigenvalue weighted by Crippen LogP contribution is -2.08. The van der Waals surface area contributed by atoms with Crippen molar-refractivity contribution in [2.45, 2.75) is 0 Å². The molecular formula is C31H24N2. The highest BCUT2D eigenvalue weighted by Gasteiger charge is 2.15. The highest BCUT2D eigenvalue weighted by atomic mass is 15.1.